The van der Waals surface area contributed by atoms with Crippen molar-refractivity contribution in [2.75, 3.05) is 5.01 Å². The van der Waals surface area contributed by atoms with Gasteiger partial charge in [0.05, 0.1) is 20.7 Å². The third-order valence-electron chi connectivity index (χ3n) is 4.66. The van der Waals surface area contributed by atoms with E-state index in [2.05, 4.69) is 5.43 Å². The molecule has 1 aliphatic heterocycles. The molecule has 156 valence electrons. The van der Waals surface area contributed by atoms with E-state index in [1.807, 2.05) is 0 Å². The number of nitro benzene ring substituents is 1. The van der Waals surface area contributed by atoms with Gasteiger partial charge in [0.25, 0.3) is 17.5 Å². The molecule has 0 aliphatic carbocycles. The van der Waals surface area contributed by atoms with Crippen LogP contribution in [-0.2, 0) is 9.59 Å². The molecule has 0 atom stereocenters. The maximum atomic E-state index is 12.7. The molecule has 0 unspecified atom stereocenters. The Balaban J connectivity index is 1.64. The van der Waals surface area contributed by atoms with Gasteiger partial charge in [0.1, 0.15) is 17.1 Å². The van der Waals surface area contributed by atoms with Gasteiger partial charge in [-0.05, 0) is 48.9 Å². The molecule has 0 radical (unpaired) electrons. The Labute approximate surface area is 185 Å². The topological polar surface area (TPSA) is 106 Å². The summed E-state index contributed by atoms with van der Waals surface area (Å²) in [6.45, 7) is 1.79. The van der Waals surface area contributed by atoms with Crippen LogP contribution in [0.25, 0.3) is 17.4 Å². The highest BCUT2D eigenvalue weighted by molar-refractivity contribution is 6.42. The van der Waals surface area contributed by atoms with Gasteiger partial charge in [-0.15, -0.1) is 0 Å². The minimum absolute atomic E-state index is 0.0699. The van der Waals surface area contributed by atoms with Crippen LogP contribution >= 0.6 is 23.2 Å². The number of carbonyl (C=O) groups is 2. The SMILES string of the molecule is Cc1ccc([N+](=O)[O-])cc1-c1ccc(/C=C2/C(=O)NN(c3ccc(Cl)c(Cl)c3)C2=O)o1. The van der Waals surface area contributed by atoms with Gasteiger partial charge < -0.3 is 4.42 Å². The summed E-state index contributed by atoms with van der Waals surface area (Å²) in [5.41, 5.74) is 3.92. The van der Waals surface area contributed by atoms with Gasteiger partial charge in [-0.2, -0.15) is 0 Å². The number of halogens is 2. The number of anilines is 1. The van der Waals surface area contributed by atoms with Crippen molar-refractivity contribution in [3.05, 3.63) is 85.6 Å². The molecule has 0 bridgehead atoms. The summed E-state index contributed by atoms with van der Waals surface area (Å²) in [7, 11) is 0. The number of benzene rings is 2. The molecule has 1 N–H and O–H groups in total. The first kappa shape index (κ1) is 20.6. The number of aryl methyl sites for hydroxylation is 1. The minimum Gasteiger partial charge on any atom is -0.457 e. The largest absolute Gasteiger partial charge is 0.457 e. The third kappa shape index (κ3) is 3.90. The fraction of sp³-hybridized carbons (Fsp3) is 0.0476. The van der Waals surface area contributed by atoms with Crippen LogP contribution in [0.2, 0.25) is 10.0 Å². The number of hydrazine groups is 1. The number of rotatable bonds is 4. The van der Waals surface area contributed by atoms with Crippen molar-refractivity contribution >= 4 is 52.5 Å². The molecule has 3 aromatic rings. The van der Waals surface area contributed by atoms with Crippen molar-refractivity contribution in [1.82, 2.24) is 5.43 Å². The maximum Gasteiger partial charge on any atom is 0.282 e. The lowest BCUT2D eigenvalue weighted by molar-refractivity contribution is -0.384. The first-order valence-corrected chi connectivity index (χ1v) is 9.67. The Morgan fingerprint density at radius 3 is 2.55 bits per heavy atom. The van der Waals surface area contributed by atoms with Crippen LogP contribution in [0.4, 0.5) is 11.4 Å². The van der Waals surface area contributed by atoms with Crippen LogP contribution in [0, 0.1) is 17.0 Å². The number of nitro groups is 1. The van der Waals surface area contributed by atoms with Crippen LogP contribution in [0.5, 0.6) is 0 Å². The number of carbonyl (C=O) groups excluding carboxylic acids is 2. The van der Waals surface area contributed by atoms with Crippen LogP contribution in [0.15, 0.2) is 58.5 Å². The first-order valence-electron chi connectivity index (χ1n) is 8.92. The number of nitrogens with zero attached hydrogens (tertiary/aromatic N) is 2. The molecule has 0 spiro atoms. The van der Waals surface area contributed by atoms with E-state index < -0.39 is 16.7 Å². The Hall–Kier alpha value is -3.62. The van der Waals surface area contributed by atoms with E-state index in [0.29, 0.717) is 22.0 Å². The van der Waals surface area contributed by atoms with Gasteiger partial charge in [-0.25, -0.2) is 5.01 Å². The molecule has 0 saturated carbocycles. The molecule has 2 amide bonds. The molecule has 2 heterocycles. The fourth-order valence-electron chi connectivity index (χ4n) is 3.07. The molecule has 2 aromatic carbocycles. The summed E-state index contributed by atoms with van der Waals surface area (Å²) in [4.78, 5) is 35.7. The summed E-state index contributed by atoms with van der Waals surface area (Å²) >= 11 is 11.9. The van der Waals surface area contributed by atoms with Gasteiger partial charge in [0, 0.05) is 17.7 Å². The zero-order valence-electron chi connectivity index (χ0n) is 15.9. The standard InChI is InChI=1S/C21H13Cl2N3O5/c1-11-2-3-13(26(29)30)8-15(11)19-7-5-14(31-19)10-16-20(27)24-25(21(16)28)12-4-6-17(22)18(23)9-12/h2-10H,1H3,(H,24,27)/b16-10-. The van der Waals surface area contributed by atoms with E-state index in [-0.39, 0.29) is 22.0 Å². The minimum atomic E-state index is -0.611. The number of hydrogen-bond donors (Lipinski definition) is 1. The average molecular weight is 458 g/mol. The highest BCUT2D eigenvalue weighted by Crippen LogP contribution is 2.31. The molecule has 10 heteroatoms. The van der Waals surface area contributed by atoms with Crippen molar-refractivity contribution in [2.24, 2.45) is 0 Å². The van der Waals surface area contributed by atoms with E-state index in [4.69, 9.17) is 27.6 Å². The molecular weight excluding hydrogens is 445 g/mol. The highest BCUT2D eigenvalue weighted by Gasteiger charge is 2.35. The summed E-state index contributed by atoms with van der Waals surface area (Å²) in [5.74, 6) is -0.580. The molecular formula is C21H13Cl2N3O5. The zero-order valence-corrected chi connectivity index (χ0v) is 17.4. The van der Waals surface area contributed by atoms with Gasteiger partial charge >= 0.3 is 0 Å². The predicted molar refractivity (Wildman–Crippen MR) is 116 cm³/mol. The Morgan fingerprint density at radius 2 is 1.84 bits per heavy atom. The van der Waals surface area contributed by atoms with Crippen LogP contribution in [-0.4, -0.2) is 16.7 Å². The van der Waals surface area contributed by atoms with Crippen LogP contribution in [0.1, 0.15) is 11.3 Å². The Bertz CT molecular complexity index is 1280. The lowest BCUT2D eigenvalue weighted by Crippen LogP contribution is -2.35. The van der Waals surface area contributed by atoms with E-state index >= 15 is 0 Å². The van der Waals surface area contributed by atoms with E-state index in [1.54, 1.807) is 31.2 Å². The summed E-state index contributed by atoms with van der Waals surface area (Å²) in [6, 6.07) is 12.1. The fourth-order valence-corrected chi connectivity index (χ4v) is 3.36. The molecule has 1 saturated heterocycles. The van der Waals surface area contributed by atoms with Gasteiger partial charge in [0.2, 0.25) is 0 Å². The van der Waals surface area contributed by atoms with E-state index in [0.717, 1.165) is 10.6 Å². The van der Waals surface area contributed by atoms with Gasteiger partial charge in [-0.1, -0.05) is 29.3 Å². The normalized spacial score (nSPS) is 14.9. The van der Waals surface area contributed by atoms with Gasteiger partial charge in [-0.3, -0.25) is 25.1 Å². The van der Waals surface area contributed by atoms with Crippen LogP contribution in [0.3, 0.4) is 0 Å². The molecule has 1 aliphatic rings. The first-order chi connectivity index (χ1) is 14.7. The Kier molecular flexibility index (Phi) is 5.26. The Morgan fingerprint density at radius 1 is 1.06 bits per heavy atom. The predicted octanol–water partition coefficient (Wildman–Crippen LogP) is 4.93. The summed E-state index contributed by atoms with van der Waals surface area (Å²) in [6.07, 6.45) is 1.31. The second-order valence-electron chi connectivity index (χ2n) is 6.70. The zero-order chi connectivity index (χ0) is 22.3. The van der Waals surface area contributed by atoms with Crippen LogP contribution < -0.4 is 10.4 Å². The lowest BCUT2D eigenvalue weighted by atomic mass is 10.1. The molecule has 1 aromatic heterocycles. The molecule has 8 nitrogen and oxygen atoms in total. The quantitative estimate of drug-likeness (QED) is 0.258. The van der Waals surface area contributed by atoms with Gasteiger partial charge in [0.15, 0.2) is 0 Å². The lowest BCUT2D eigenvalue weighted by Gasteiger charge is -2.15. The second-order valence-corrected chi connectivity index (χ2v) is 7.51. The molecule has 31 heavy (non-hydrogen) atoms. The monoisotopic (exact) mass is 457 g/mol. The number of non-ortho nitro benzene ring substituents is 1. The highest BCUT2D eigenvalue weighted by atomic mass is 35.5. The number of furan rings is 1. The third-order valence-corrected chi connectivity index (χ3v) is 5.40. The van der Waals surface area contributed by atoms with Crippen molar-refractivity contribution in [2.45, 2.75) is 6.92 Å². The van der Waals surface area contributed by atoms with Crippen molar-refractivity contribution in [3.63, 3.8) is 0 Å². The maximum absolute atomic E-state index is 12.7. The van der Waals surface area contributed by atoms with Crippen molar-refractivity contribution in [3.8, 4) is 11.3 Å². The summed E-state index contributed by atoms with van der Waals surface area (Å²) < 4.78 is 5.73. The number of nitrogens with one attached hydrogen (secondary N) is 1. The van der Waals surface area contributed by atoms with E-state index in [1.165, 1.54) is 30.3 Å². The number of hydrogen-bond acceptors (Lipinski definition) is 5. The smallest absolute Gasteiger partial charge is 0.282 e. The molecule has 1 fully saturated rings. The molecule has 4 rings (SSSR count). The van der Waals surface area contributed by atoms with Crippen molar-refractivity contribution in [1.29, 1.82) is 0 Å². The van der Waals surface area contributed by atoms with Crippen molar-refractivity contribution < 1.29 is 18.9 Å². The summed E-state index contributed by atoms with van der Waals surface area (Å²) in [5, 5.41) is 12.7. The number of amides is 2. The average Bonchev–Trinajstić information content (AvgIpc) is 3.30. The second kappa shape index (κ2) is 7.90. The van der Waals surface area contributed by atoms with E-state index in [9.17, 15) is 19.7 Å².